The van der Waals surface area contributed by atoms with E-state index < -0.39 is 11.9 Å². The molecule has 3 aromatic carbocycles. The van der Waals surface area contributed by atoms with E-state index in [-0.39, 0.29) is 29.6 Å². The van der Waals surface area contributed by atoms with Crippen molar-refractivity contribution in [2.24, 2.45) is 0 Å². The molecule has 0 saturated carbocycles. The quantitative estimate of drug-likeness (QED) is 0.194. The van der Waals surface area contributed by atoms with Gasteiger partial charge < -0.3 is 29.6 Å². The van der Waals surface area contributed by atoms with Gasteiger partial charge in [0.15, 0.2) is 18.1 Å². The van der Waals surface area contributed by atoms with Crippen LogP contribution in [0, 0.1) is 11.3 Å². The summed E-state index contributed by atoms with van der Waals surface area (Å²) in [6, 6.07) is 18.0. The van der Waals surface area contributed by atoms with Crippen molar-refractivity contribution in [3.8, 4) is 23.3 Å². The van der Waals surface area contributed by atoms with Crippen LogP contribution in [0.25, 0.3) is 6.08 Å². The third-order valence-corrected chi connectivity index (χ3v) is 5.80. The predicted octanol–water partition coefficient (Wildman–Crippen LogP) is 4.82. The predicted molar refractivity (Wildman–Crippen MR) is 148 cm³/mol. The average molecular weight is 594 g/mol. The Balaban J connectivity index is 1.70. The molecule has 0 spiro atoms. The number of rotatable bonds is 10. The molecule has 3 aromatic rings. The number of methoxy groups -OCH3 is 3. The molecular formula is C28H24BrN3O7. The normalized spacial score (nSPS) is 10.6. The topological polar surface area (TPSA) is 136 Å². The molecule has 0 heterocycles. The number of hydrogen-bond donors (Lipinski definition) is 2. The van der Waals surface area contributed by atoms with E-state index in [9.17, 15) is 19.6 Å². The second-order valence-corrected chi connectivity index (χ2v) is 8.65. The number of hydrogen-bond acceptors (Lipinski definition) is 8. The van der Waals surface area contributed by atoms with Gasteiger partial charge in [-0.25, -0.2) is 4.79 Å². The van der Waals surface area contributed by atoms with E-state index in [4.69, 9.17) is 14.2 Å². The molecule has 0 unspecified atom stereocenters. The lowest BCUT2D eigenvalue weighted by atomic mass is 10.1. The number of ether oxygens (including phenoxy) is 4. The molecule has 0 aliphatic rings. The van der Waals surface area contributed by atoms with E-state index in [0.717, 1.165) is 0 Å². The van der Waals surface area contributed by atoms with Crippen molar-refractivity contribution < 1.29 is 33.3 Å². The molecular weight excluding hydrogens is 570 g/mol. The van der Waals surface area contributed by atoms with Gasteiger partial charge in [-0.2, -0.15) is 5.26 Å². The highest BCUT2D eigenvalue weighted by atomic mass is 79.9. The van der Waals surface area contributed by atoms with Gasteiger partial charge in [0, 0.05) is 11.4 Å². The number of nitriles is 1. The SMILES string of the molecule is COC(=O)c1ccc(NC(=O)/C(C#N)=C\c2cc(Br)c(OCC(=O)Nc3ccc(OC)cc3)c(OC)c2)cc1. The molecule has 39 heavy (non-hydrogen) atoms. The average Bonchev–Trinajstić information content (AvgIpc) is 2.95. The number of esters is 1. The fourth-order valence-corrected chi connectivity index (χ4v) is 3.87. The minimum Gasteiger partial charge on any atom is -0.497 e. The first-order valence-electron chi connectivity index (χ1n) is 11.3. The maximum absolute atomic E-state index is 12.7. The van der Waals surface area contributed by atoms with E-state index >= 15 is 0 Å². The molecule has 0 bridgehead atoms. The highest BCUT2D eigenvalue weighted by Gasteiger charge is 2.16. The number of anilines is 2. The summed E-state index contributed by atoms with van der Waals surface area (Å²) in [6.07, 6.45) is 1.38. The third kappa shape index (κ3) is 7.83. The fourth-order valence-electron chi connectivity index (χ4n) is 3.29. The molecule has 0 aliphatic carbocycles. The fraction of sp³-hybridized carbons (Fsp3) is 0.143. The molecule has 0 aliphatic heterocycles. The smallest absolute Gasteiger partial charge is 0.337 e. The zero-order valence-corrected chi connectivity index (χ0v) is 22.8. The first kappa shape index (κ1) is 28.7. The Morgan fingerprint density at radius 1 is 0.923 bits per heavy atom. The van der Waals surface area contributed by atoms with Crippen molar-refractivity contribution in [2.45, 2.75) is 0 Å². The lowest BCUT2D eigenvalue weighted by molar-refractivity contribution is -0.118. The Morgan fingerprint density at radius 3 is 2.15 bits per heavy atom. The highest BCUT2D eigenvalue weighted by Crippen LogP contribution is 2.37. The van der Waals surface area contributed by atoms with Gasteiger partial charge in [0.1, 0.15) is 17.4 Å². The summed E-state index contributed by atoms with van der Waals surface area (Å²) in [6.45, 7) is -0.295. The van der Waals surface area contributed by atoms with Crippen molar-refractivity contribution in [1.82, 2.24) is 0 Å². The largest absolute Gasteiger partial charge is 0.497 e. The van der Waals surface area contributed by atoms with Gasteiger partial charge in [-0.05, 0) is 88.2 Å². The van der Waals surface area contributed by atoms with E-state index in [0.29, 0.717) is 32.7 Å². The molecule has 2 N–H and O–H groups in total. The molecule has 0 fully saturated rings. The van der Waals surface area contributed by atoms with Crippen LogP contribution in [-0.2, 0) is 14.3 Å². The second kappa shape index (κ2) is 13.6. The first-order chi connectivity index (χ1) is 18.8. The Hall–Kier alpha value is -4.82. The van der Waals surface area contributed by atoms with Crippen LogP contribution in [0.4, 0.5) is 11.4 Å². The molecule has 10 nitrogen and oxygen atoms in total. The molecule has 0 aromatic heterocycles. The van der Waals surface area contributed by atoms with Crippen LogP contribution in [0.3, 0.4) is 0 Å². The third-order valence-electron chi connectivity index (χ3n) is 5.21. The number of nitrogens with one attached hydrogen (secondary N) is 2. The van der Waals surface area contributed by atoms with Crippen LogP contribution in [0.1, 0.15) is 15.9 Å². The van der Waals surface area contributed by atoms with Gasteiger partial charge in [-0.3, -0.25) is 9.59 Å². The van der Waals surface area contributed by atoms with E-state index in [1.54, 1.807) is 43.5 Å². The minimum absolute atomic E-state index is 0.173. The maximum atomic E-state index is 12.7. The Morgan fingerprint density at radius 2 is 1.56 bits per heavy atom. The first-order valence-corrected chi connectivity index (χ1v) is 12.1. The minimum atomic E-state index is -0.645. The van der Waals surface area contributed by atoms with Gasteiger partial charge in [-0.15, -0.1) is 0 Å². The molecule has 2 amide bonds. The summed E-state index contributed by atoms with van der Waals surface area (Å²) < 4.78 is 21.3. The lowest BCUT2D eigenvalue weighted by Gasteiger charge is -2.14. The highest BCUT2D eigenvalue weighted by molar-refractivity contribution is 9.10. The second-order valence-electron chi connectivity index (χ2n) is 7.79. The van der Waals surface area contributed by atoms with Crippen LogP contribution >= 0.6 is 15.9 Å². The summed E-state index contributed by atoms with van der Waals surface area (Å²) in [5, 5.41) is 14.9. The number of carbonyl (C=O) groups is 3. The molecule has 3 rings (SSSR count). The van der Waals surface area contributed by atoms with Crippen LogP contribution < -0.4 is 24.8 Å². The van der Waals surface area contributed by atoms with Crippen molar-refractivity contribution in [2.75, 3.05) is 38.6 Å². The van der Waals surface area contributed by atoms with Crippen molar-refractivity contribution in [1.29, 1.82) is 5.26 Å². The van der Waals surface area contributed by atoms with Gasteiger partial charge in [0.2, 0.25) is 0 Å². The monoisotopic (exact) mass is 593 g/mol. The van der Waals surface area contributed by atoms with Crippen LogP contribution in [0.15, 0.2) is 70.7 Å². The molecule has 11 heteroatoms. The summed E-state index contributed by atoms with van der Waals surface area (Å²) in [4.78, 5) is 36.6. The Kier molecular flexibility index (Phi) is 10.1. The standard InChI is InChI=1S/C28H24BrN3O7/c1-36-22-10-8-20(9-11-22)31-25(33)16-39-26-23(29)13-17(14-24(26)37-2)12-19(15-30)27(34)32-21-6-4-18(5-7-21)28(35)38-3/h4-14H,16H2,1-3H3,(H,31,33)(H,32,34)/b19-12-. The van der Waals surface area contributed by atoms with Crippen LogP contribution in [-0.4, -0.2) is 45.7 Å². The maximum Gasteiger partial charge on any atom is 0.337 e. The molecule has 0 radical (unpaired) electrons. The summed E-state index contributed by atoms with van der Waals surface area (Å²) in [5.74, 6) is -0.319. The van der Waals surface area contributed by atoms with Gasteiger partial charge in [0.25, 0.3) is 11.8 Å². The number of nitrogens with zero attached hydrogens (tertiary/aromatic N) is 1. The van der Waals surface area contributed by atoms with E-state index in [2.05, 4.69) is 31.3 Å². The lowest BCUT2D eigenvalue weighted by Crippen LogP contribution is -2.20. The number of carbonyl (C=O) groups excluding carboxylic acids is 3. The summed E-state index contributed by atoms with van der Waals surface area (Å²) >= 11 is 3.40. The zero-order valence-electron chi connectivity index (χ0n) is 21.2. The Bertz CT molecular complexity index is 1430. The molecule has 0 saturated heterocycles. The summed E-state index contributed by atoms with van der Waals surface area (Å²) in [5.41, 5.74) is 1.60. The van der Waals surface area contributed by atoms with Crippen molar-refractivity contribution in [3.05, 3.63) is 81.8 Å². The number of halogens is 1. The van der Waals surface area contributed by atoms with Gasteiger partial charge in [0.05, 0.1) is 31.4 Å². The van der Waals surface area contributed by atoms with Gasteiger partial charge in [-0.1, -0.05) is 0 Å². The molecule has 200 valence electrons. The van der Waals surface area contributed by atoms with Crippen LogP contribution in [0.2, 0.25) is 0 Å². The van der Waals surface area contributed by atoms with E-state index in [1.807, 2.05) is 6.07 Å². The Labute approximate surface area is 233 Å². The van der Waals surface area contributed by atoms with Gasteiger partial charge >= 0.3 is 5.97 Å². The zero-order chi connectivity index (χ0) is 28.4. The number of amides is 2. The van der Waals surface area contributed by atoms with Crippen LogP contribution in [0.5, 0.6) is 17.2 Å². The number of benzene rings is 3. The van der Waals surface area contributed by atoms with Crippen molar-refractivity contribution in [3.63, 3.8) is 0 Å². The van der Waals surface area contributed by atoms with E-state index in [1.165, 1.54) is 44.6 Å². The molecule has 0 atom stereocenters. The van der Waals surface area contributed by atoms with Crippen molar-refractivity contribution >= 4 is 51.2 Å². The summed E-state index contributed by atoms with van der Waals surface area (Å²) in [7, 11) is 4.25.